The van der Waals surface area contributed by atoms with E-state index in [1.54, 1.807) is 0 Å². The molecule has 0 saturated carbocycles. The molecule has 2 aromatic carbocycles. The second-order valence-corrected chi connectivity index (χ2v) is 18.5. The molecular formula is C16H16Br2ClTl. The molecule has 2 aromatic rings. The van der Waals surface area contributed by atoms with Crippen LogP contribution in [0, 0.1) is 27.7 Å². The van der Waals surface area contributed by atoms with E-state index in [4.69, 9.17) is 8.32 Å². The van der Waals surface area contributed by atoms with Gasteiger partial charge < -0.3 is 0 Å². The van der Waals surface area contributed by atoms with Gasteiger partial charge in [-0.1, -0.05) is 0 Å². The second-order valence-electron chi connectivity index (χ2n) is 5.28. The number of hydrogen-bond acceptors (Lipinski definition) is 0. The van der Waals surface area contributed by atoms with Gasteiger partial charge in [-0.25, -0.2) is 0 Å². The van der Waals surface area contributed by atoms with E-state index < -0.39 is 21.5 Å². The van der Waals surface area contributed by atoms with Gasteiger partial charge in [0.15, 0.2) is 0 Å². The molecule has 0 N–H and O–H groups in total. The third-order valence-corrected chi connectivity index (χ3v) is 18.6. The molecule has 0 aliphatic rings. The first kappa shape index (κ1) is 17.0. The van der Waals surface area contributed by atoms with Crippen molar-refractivity contribution >= 4 is 67.9 Å². The molecule has 0 radical (unpaired) electrons. The van der Waals surface area contributed by atoms with Crippen molar-refractivity contribution in [3.63, 3.8) is 0 Å². The van der Waals surface area contributed by atoms with Crippen LogP contribution in [0.1, 0.15) is 22.3 Å². The third kappa shape index (κ3) is 3.50. The average Bonchev–Trinajstić information content (AvgIpc) is 2.37. The molecule has 0 aliphatic carbocycles. The normalized spacial score (nSPS) is 10.8. The molecular weight excluding hydrogens is 592 g/mol. The number of halogens is 3. The first-order chi connectivity index (χ1) is 9.31. The molecule has 4 heteroatoms. The van der Waals surface area contributed by atoms with E-state index in [0.29, 0.717) is 0 Å². The molecule has 0 unspecified atom stereocenters. The summed E-state index contributed by atoms with van der Waals surface area (Å²) < 4.78 is 5.08. The van der Waals surface area contributed by atoms with Crippen LogP contribution in [0.15, 0.2) is 33.2 Å². The fraction of sp³-hybridized carbons (Fsp3) is 0.250. The van der Waals surface area contributed by atoms with Gasteiger partial charge in [0.05, 0.1) is 0 Å². The van der Waals surface area contributed by atoms with E-state index in [0.717, 1.165) is 8.95 Å². The summed E-state index contributed by atoms with van der Waals surface area (Å²) in [4.78, 5) is 0. The molecule has 0 bridgehead atoms. The summed E-state index contributed by atoms with van der Waals surface area (Å²) in [5.74, 6) is 0. The first-order valence-corrected chi connectivity index (χ1v) is 18.1. The van der Waals surface area contributed by atoms with Crippen molar-refractivity contribution in [2.24, 2.45) is 0 Å². The SMILES string of the molecule is Cc1cc(C)[c]([Tl]([Cl])[c]2cc(Br)c(C)cc2C)cc1Br. The Balaban J connectivity index is 2.54. The summed E-state index contributed by atoms with van der Waals surface area (Å²) in [6.45, 7) is 8.58. The minimum absolute atomic E-state index is 1.16. The van der Waals surface area contributed by atoms with Crippen molar-refractivity contribution in [3.05, 3.63) is 55.5 Å². The molecule has 0 heterocycles. The van der Waals surface area contributed by atoms with E-state index in [1.165, 1.54) is 28.5 Å². The maximum absolute atomic E-state index is 6.97. The number of rotatable bonds is 2. The zero-order valence-corrected chi connectivity index (χ0v) is 20.4. The predicted octanol–water partition coefficient (Wildman–Crippen LogP) is 4.79. The Morgan fingerprint density at radius 3 is 1.40 bits per heavy atom. The van der Waals surface area contributed by atoms with Gasteiger partial charge in [0.1, 0.15) is 0 Å². The van der Waals surface area contributed by atoms with Crippen LogP contribution in [0.5, 0.6) is 0 Å². The van der Waals surface area contributed by atoms with E-state index in [1.807, 2.05) is 0 Å². The number of aryl methyl sites for hydroxylation is 4. The van der Waals surface area contributed by atoms with Crippen molar-refractivity contribution in [2.45, 2.75) is 27.7 Å². The van der Waals surface area contributed by atoms with E-state index in [2.05, 4.69) is 83.8 Å². The molecule has 20 heavy (non-hydrogen) atoms. The monoisotopic (exact) mass is 606 g/mol. The third-order valence-electron chi connectivity index (χ3n) is 3.64. The van der Waals surface area contributed by atoms with E-state index in [9.17, 15) is 0 Å². The van der Waals surface area contributed by atoms with Crippen LogP contribution in [0.25, 0.3) is 0 Å². The fourth-order valence-corrected chi connectivity index (χ4v) is 16.6. The quantitative estimate of drug-likeness (QED) is 0.431. The molecule has 0 spiro atoms. The summed E-state index contributed by atoms with van der Waals surface area (Å²) in [5, 5.41) is 0. The molecule has 0 atom stereocenters. The molecule has 0 nitrogen and oxygen atoms in total. The summed E-state index contributed by atoms with van der Waals surface area (Å²) in [6, 6.07) is 8.93. The Kier molecular flexibility index (Phi) is 5.77. The van der Waals surface area contributed by atoms with Crippen molar-refractivity contribution in [3.8, 4) is 0 Å². The van der Waals surface area contributed by atoms with Gasteiger partial charge in [0, 0.05) is 0 Å². The fourth-order valence-electron chi connectivity index (χ4n) is 2.40. The van der Waals surface area contributed by atoms with E-state index >= 15 is 0 Å². The van der Waals surface area contributed by atoms with Crippen molar-refractivity contribution in [1.82, 2.24) is 0 Å². The van der Waals surface area contributed by atoms with Gasteiger partial charge in [0.25, 0.3) is 0 Å². The molecule has 0 amide bonds. The maximum atomic E-state index is 6.97. The van der Waals surface area contributed by atoms with Crippen LogP contribution in [-0.2, 0) is 0 Å². The standard InChI is InChI=1S/2C8H8Br.ClH.Tl/c2*1-6-3-4-8(9)7(2)5-6;;/h2*4-5H,1-2H3;1H;/q;;;+1/p-1. The average molecular weight is 608 g/mol. The Bertz CT molecular complexity index is 611. The van der Waals surface area contributed by atoms with Gasteiger partial charge in [-0.15, -0.1) is 0 Å². The van der Waals surface area contributed by atoms with Gasteiger partial charge >= 0.3 is 151 Å². The van der Waals surface area contributed by atoms with Crippen molar-refractivity contribution < 1.29 is 0 Å². The van der Waals surface area contributed by atoms with Gasteiger partial charge in [-0.05, 0) is 0 Å². The Hall–Kier alpha value is 0.612. The summed E-state index contributed by atoms with van der Waals surface area (Å²) >= 11 is 4.66. The van der Waals surface area contributed by atoms with Crippen molar-refractivity contribution in [2.75, 3.05) is 0 Å². The van der Waals surface area contributed by atoms with Gasteiger partial charge in [-0.3, -0.25) is 0 Å². The minimum atomic E-state index is -2.61. The first-order valence-electron chi connectivity index (χ1n) is 6.48. The van der Waals surface area contributed by atoms with Crippen LogP contribution < -0.4 is 6.25 Å². The molecule has 2 rings (SSSR count). The van der Waals surface area contributed by atoms with Crippen LogP contribution >= 0.6 is 40.2 Å². The van der Waals surface area contributed by atoms with Crippen molar-refractivity contribution in [1.29, 1.82) is 0 Å². The van der Waals surface area contributed by atoms with Crippen LogP contribution in [0.4, 0.5) is 0 Å². The van der Waals surface area contributed by atoms with Crippen LogP contribution in [-0.4, -0.2) is 21.5 Å². The topological polar surface area (TPSA) is 0 Å². The zero-order valence-electron chi connectivity index (χ0n) is 12.0. The number of benzene rings is 2. The second kappa shape index (κ2) is 6.80. The van der Waals surface area contributed by atoms with Crippen LogP contribution in [0.3, 0.4) is 0 Å². The van der Waals surface area contributed by atoms with Gasteiger partial charge in [-0.2, -0.15) is 0 Å². The molecule has 0 aromatic heterocycles. The molecule has 0 saturated heterocycles. The molecule has 104 valence electrons. The predicted molar refractivity (Wildman–Crippen MR) is 98.1 cm³/mol. The number of hydrogen-bond donors (Lipinski definition) is 0. The molecule has 0 fully saturated rings. The Labute approximate surface area is 149 Å². The molecule has 0 aliphatic heterocycles. The zero-order chi connectivity index (χ0) is 15.0. The summed E-state index contributed by atoms with van der Waals surface area (Å²) in [6.07, 6.45) is 0. The van der Waals surface area contributed by atoms with E-state index in [-0.39, 0.29) is 0 Å². The summed E-state index contributed by atoms with van der Waals surface area (Å²) in [7, 11) is 6.97. The summed E-state index contributed by atoms with van der Waals surface area (Å²) in [5.41, 5.74) is 5.18. The van der Waals surface area contributed by atoms with Gasteiger partial charge in [0.2, 0.25) is 0 Å². The Morgan fingerprint density at radius 2 is 1.05 bits per heavy atom. The van der Waals surface area contributed by atoms with Crippen LogP contribution in [0.2, 0.25) is 0 Å². The Morgan fingerprint density at radius 1 is 0.700 bits per heavy atom.